The molecule has 10 heteroatoms. The molecular formula is C29H34N8O2. The predicted octanol–water partition coefficient (Wildman–Crippen LogP) is 3.61. The molecule has 39 heavy (non-hydrogen) atoms. The van der Waals surface area contributed by atoms with Crippen molar-refractivity contribution in [3.63, 3.8) is 0 Å². The Morgan fingerprint density at radius 1 is 1.05 bits per heavy atom. The minimum atomic E-state index is -0.203. The van der Waals surface area contributed by atoms with E-state index in [0.29, 0.717) is 41.5 Å². The molecule has 3 aliphatic rings. The number of pyridine rings is 1. The molecule has 1 aliphatic carbocycles. The lowest BCUT2D eigenvalue weighted by Gasteiger charge is -2.29. The van der Waals surface area contributed by atoms with Gasteiger partial charge in [-0.1, -0.05) is 0 Å². The summed E-state index contributed by atoms with van der Waals surface area (Å²) in [6, 6.07) is 10.1. The van der Waals surface area contributed by atoms with Crippen LogP contribution in [-0.2, 0) is 13.6 Å². The Hall–Kier alpha value is -3.92. The highest BCUT2D eigenvalue weighted by molar-refractivity contribution is 6.05. The highest BCUT2D eigenvalue weighted by Gasteiger charge is 2.29. The van der Waals surface area contributed by atoms with E-state index in [2.05, 4.69) is 43.4 Å². The molecule has 7 rings (SSSR count). The molecule has 202 valence electrons. The fraction of sp³-hybridized carbons (Fsp3) is 0.448. The number of imidazole rings is 1. The number of ether oxygens (including phenoxy) is 1. The van der Waals surface area contributed by atoms with Crippen molar-refractivity contribution in [1.29, 1.82) is 0 Å². The number of rotatable bonds is 1. The van der Waals surface area contributed by atoms with Gasteiger partial charge in [0.05, 0.1) is 35.1 Å². The number of nitrogens with one attached hydrogen (secondary N) is 2. The smallest absolute Gasteiger partial charge is 0.258 e. The number of aromatic nitrogens is 5. The molecule has 3 aromatic heterocycles. The molecule has 5 heterocycles. The minimum absolute atomic E-state index is 0.203. The maximum absolute atomic E-state index is 13.6. The van der Waals surface area contributed by atoms with E-state index in [9.17, 15) is 4.79 Å². The topological polar surface area (TPSA) is 102 Å². The van der Waals surface area contributed by atoms with Crippen LogP contribution in [0.5, 0.6) is 5.88 Å². The lowest BCUT2D eigenvalue weighted by Crippen LogP contribution is -2.43. The van der Waals surface area contributed by atoms with E-state index in [1.54, 1.807) is 10.9 Å². The lowest BCUT2D eigenvalue weighted by atomic mass is 10.1. The second kappa shape index (κ2) is 9.68. The Balaban J connectivity index is 1.32. The van der Waals surface area contributed by atoms with Gasteiger partial charge < -0.3 is 19.5 Å². The van der Waals surface area contributed by atoms with Crippen LogP contribution in [0.1, 0.15) is 35.3 Å². The first-order valence-electron chi connectivity index (χ1n) is 13.9. The first kappa shape index (κ1) is 24.1. The van der Waals surface area contributed by atoms with Crippen LogP contribution in [0.25, 0.3) is 22.3 Å². The third-order valence-electron chi connectivity index (χ3n) is 8.36. The molecule has 4 bridgehead atoms. The number of carbonyl (C=O) groups is 1. The second-order valence-corrected chi connectivity index (χ2v) is 11.1. The van der Waals surface area contributed by atoms with E-state index in [1.165, 1.54) is 5.69 Å². The maximum atomic E-state index is 13.6. The van der Waals surface area contributed by atoms with Crippen molar-refractivity contribution in [1.82, 2.24) is 29.6 Å². The van der Waals surface area contributed by atoms with Gasteiger partial charge >= 0.3 is 0 Å². The Labute approximate surface area is 227 Å². The average Bonchev–Trinajstić information content (AvgIpc) is 3.64. The van der Waals surface area contributed by atoms with Gasteiger partial charge in [-0.15, -0.1) is 0 Å². The van der Waals surface area contributed by atoms with Crippen molar-refractivity contribution >= 4 is 28.6 Å². The number of fused-ring (bicyclic) bond motifs is 9. The largest absolute Gasteiger partial charge is 0.477 e. The van der Waals surface area contributed by atoms with Gasteiger partial charge in [-0.25, -0.2) is 9.67 Å². The minimum Gasteiger partial charge on any atom is -0.477 e. The first-order chi connectivity index (χ1) is 19.0. The fourth-order valence-corrected chi connectivity index (χ4v) is 6.35. The van der Waals surface area contributed by atoms with Gasteiger partial charge in [0.25, 0.3) is 5.91 Å². The predicted molar refractivity (Wildman–Crippen MR) is 150 cm³/mol. The Bertz CT molecular complexity index is 1550. The Kier molecular flexibility index (Phi) is 5.99. The van der Waals surface area contributed by atoms with Crippen molar-refractivity contribution < 1.29 is 9.53 Å². The van der Waals surface area contributed by atoms with Crippen LogP contribution < -0.4 is 20.3 Å². The highest BCUT2D eigenvalue weighted by Crippen LogP contribution is 2.37. The third-order valence-corrected chi connectivity index (χ3v) is 8.36. The van der Waals surface area contributed by atoms with Crippen LogP contribution in [-0.4, -0.2) is 63.0 Å². The van der Waals surface area contributed by atoms with Crippen LogP contribution in [0.2, 0.25) is 0 Å². The normalized spacial score (nSPS) is 21.5. The van der Waals surface area contributed by atoms with Gasteiger partial charge in [0.2, 0.25) is 11.8 Å². The molecule has 4 aromatic rings. The zero-order chi connectivity index (χ0) is 26.5. The molecule has 1 amide bonds. The summed E-state index contributed by atoms with van der Waals surface area (Å²) in [4.78, 5) is 25.7. The van der Waals surface area contributed by atoms with Crippen molar-refractivity contribution in [2.45, 2.75) is 32.7 Å². The van der Waals surface area contributed by atoms with Crippen molar-refractivity contribution in [2.24, 2.45) is 18.9 Å². The van der Waals surface area contributed by atoms with Gasteiger partial charge in [0.1, 0.15) is 0 Å². The Morgan fingerprint density at radius 2 is 1.90 bits per heavy atom. The van der Waals surface area contributed by atoms with Crippen molar-refractivity contribution in [3.8, 4) is 17.1 Å². The Morgan fingerprint density at radius 3 is 2.77 bits per heavy atom. The van der Waals surface area contributed by atoms with Crippen LogP contribution in [0.4, 0.5) is 11.6 Å². The highest BCUT2D eigenvalue weighted by atomic mass is 16.5. The van der Waals surface area contributed by atoms with E-state index in [0.717, 1.165) is 74.3 Å². The molecule has 0 radical (unpaired) electrons. The quantitative estimate of drug-likeness (QED) is 0.391. The molecular weight excluding hydrogens is 492 g/mol. The zero-order valence-electron chi connectivity index (χ0n) is 22.5. The van der Waals surface area contributed by atoms with Crippen LogP contribution in [0.15, 0.2) is 36.5 Å². The van der Waals surface area contributed by atoms with Gasteiger partial charge in [-0.05, 0) is 68.4 Å². The van der Waals surface area contributed by atoms with Crippen LogP contribution in [0, 0.1) is 18.8 Å². The van der Waals surface area contributed by atoms with Crippen LogP contribution >= 0.6 is 0 Å². The average molecular weight is 527 g/mol. The summed E-state index contributed by atoms with van der Waals surface area (Å²) in [5.74, 6) is 2.03. The summed E-state index contributed by atoms with van der Waals surface area (Å²) in [6.07, 6.45) is 5.08. The van der Waals surface area contributed by atoms with Crippen molar-refractivity contribution in [3.05, 3.63) is 47.8 Å². The van der Waals surface area contributed by atoms with E-state index >= 15 is 0 Å². The number of piperazine rings is 1. The number of hydrogen-bond acceptors (Lipinski definition) is 7. The molecule has 10 nitrogen and oxygen atoms in total. The lowest BCUT2D eigenvalue weighted by molar-refractivity contribution is 0.102. The molecule has 1 aromatic carbocycles. The molecule has 2 aliphatic heterocycles. The standard InChI is InChI=1S/C29H34N8O2/c1-18-11-21-13-25(32-18)23-15-31-35(2)28(23)39-17-20-4-3-19(12-20)16-37-26-14-22(36-9-7-30-8-10-36)5-6-24(26)33-29(37)34-27(21)38/h5-6,11,13-15,19-20,30H,3-4,7-10,12,16-17H2,1-2H3,(H,33,34,38)/t19-,20+/m0/s1. The summed E-state index contributed by atoms with van der Waals surface area (Å²) in [6.45, 7) is 7.28. The van der Waals surface area contributed by atoms with Gasteiger partial charge in [0.15, 0.2) is 0 Å². The van der Waals surface area contributed by atoms with E-state index in [4.69, 9.17) is 14.7 Å². The second-order valence-electron chi connectivity index (χ2n) is 11.1. The number of hydrogen-bond donors (Lipinski definition) is 2. The molecule has 2 fully saturated rings. The number of aryl methyl sites for hydroxylation is 2. The summed E-state index contributed by atoms with van der Waals surface area (Å²) < 4.78 is 10.3. The fourth-order valence-electron chi connectivity index (χ4n) is 6.35. The molecule has 0 spiro atoms. The molecule has 1 saturated heterocycles. The molecule has 1 saturated carbocycles. The van der Waals surface area contributed by atoms with Crippen LogP contribution in [0.3, 0.4) is 0 Å². The summed E-state index contributed by atoms with van der Waals surface area (Å²) in [5.41, 5.74) is 5.93. The van der Waals surface area contributed by atoms with E-state index in [-0.39, 0.29) is 5.91 Å². The number of benzene rings is 1. The number of anilines is 2. The third kappa shape index (κ3) is 4.52. The van der Waals surface area contributed by atoms with Gasteiger partial charge in [-0.3, -0.25) is 15.1 Å². The SMILES string of the molecule is Cc1cc2cc(n1)-c1cnn(C)c1OC[C@@H]1CC[C@@H](C1)Cn1c(nc3ccc(N4CCNCC4)cc31)NC2=O. The maximum Gasteiger partial charge on any atom is 0.258 e. The molecule has 2 N–H and O–H groups in total. The number of amides is 1. The van der Waals surface area contributed by atoms with E-state index < -0.39 is 0 Å². The van der Waals surface area contributed by atoms with Crippen molar-refractivity contribution in [2.75, 3.05) is 43.0 Å². The summed E-state index contributed by atoms with van der Waals surface area (Å²) in [5, 5.41) is 11.0. The monoisotopic (exact) mass is 526 g/mol. The van der Waals surface area contributed by atoms with E-state index in [1.807, 2.05) is 26.1 Å². The summed E-state index contributed by atoms with van der Waals surface area (Å²) >= 11 is 0. The first-order valence-corrected chi connectivity index (χ1v) is 13.9. The zero-order valence-corrected chi connectivity index (χ0v) is 22.5. The van der Waals surface area contributed by atoms with Gasteiger partial charge in [-0.2, -0.15) is 5.10 Å². The number of nitrogens with zero attached hydrogens (tertiary/aromatic N) is 6. The number of carbonyl (C=O) groups excluding carboxylic acids is 1. The van der Waals surface area contributed by atoms with Gasteiger partial charge in [0, 0.05) is 56.7 Å². The molecule has 0 unspecified atom stereocenters. The molecule has 2 atom stereocenters. The summed E-state index contributed by atoms with van der Waals surface area (Å²) in [7, 11) is 1.88.